The number of nitrogens with one attached hydrogen (secondary N) is 1. The Morgan fingerprint density at radius 1 is 1.47 bits per heavy atom. The predicted octanol–water partition coefficient (Wildman–Crippen LogP) is 2.46. The standard InChI is InChI=1S/C14H19FN2OS/c1-11(17-5-8-19-7-2-6-18)12-3-4-13(10-16)14(15)9-12/h3-4,9,11,17-18H,2,5-8H2,1H3. The van der Waals surface area contributed by atoms with Gasteiger partial charge in [0.2, 0.25) is 0 Å². The summed E-state index contributed by atoms with van der Waals surface area (Å²) in [6.07, 6.45) is 0.820. The summed E-state index contributed by atoms with van der Waals surface area (Å²) in [5, 5.41) is 20.6. The number of benzene rings is 1. The molecule has 0 aromatic heterocycles. The zero-order valence-electron chi connectivity index (χ0n) is 11.0. The molecule has 1 aromatic rings. The molecule has 3 nitrogen and oxygen atoms in total. The predicted molar refractivity (Wildman–Crippen MR) is 76.6 cm³/mol. The molecule has 0 aliphatic carbocycles. The summed E-state index contributed by atoms with van der Waals surface area (Å²) < 4.78 is 13.5. The van der Waals surface area contributed by atoms with Crippen LogP contribution in [0.3, 0.4) is 0 Å². The smallest absolute Gasteiger partial charge is 0.141 e. The van der Waals surface area contributed by atoms with Crippen molar-refractivity contribution in [3.8, 4) is 6.07 Å². The molecule has 0 spiro atoms. The first-order valence-electron chi connectivity index (χ1n) is 6.30. The Bertz CT molecular complexity index is 434. The molecule has 2 N–H and O–H groups in total. The van der Waals surface area contributed by atoms with E-state index in [2.05, 4.69) is 5.32 Å². The molecular formula is C14H19FN2OS. The second-order valence-electron chi connectivity index (χ2n) is 4.22. The van der Waals surface area contributed by atoms with Crippen molar-refractivity contribution >= 4 is 11.8 Å². The van der Waals surface area contributed by atoms with E-state index in [-0.39, 0.29) is 18.2 Å². The zero-order valence-corrected chi connectivity index (χ0v) is 11.8. The molecule has 1 atom stereocenters. The lowest BCUT2D eigenvalue weighted by Gasteiger charge is -2.14. The molecule has 104 valence electrons. The van der Waals surface area contributed by atoms with Gasteiger partial charge in [-0.05, 0) is 36.8 Å². The van der Waals surface area contributed by atoms with Gasteiger partial charge in [-0.25, -0.2) is 4.39 Å². The Balaban J connectivity index is 2.35. The number of halogens is 1. The fourth-order valence-electron chi connectivity index (χ4n) is 1.63. The third-order valence-corrected chi connectivity index (χ3v) is 3.83. The largest absolute Gasteiger partial charge is 0.396 e. The third-order valence-electron chi connectivity index (χ3n) is 2.76. The molecule has 0 aliphatic rings. The van der Waals surface area contributed by atoms with Crippen LogP contribution in [0.5, 0.6) is 0 Å². The van der Waals surface area contributed by atoms with Gasteiger partial charge in [0.1, 0.15) is 11.9 Å². The van der Waals surface area contributed by atoms with E-state index in [4.69, 9.17) is 10.4 Å². The molecular weight excluding hydrogens is 263 g/mol. The first-order valence-corrected chi connectivity index (χ1v) is 7.46. The fourth-order valence-corrected chi connectivity index (χ4v) is 2.43. The fraction of sp³-hybridized carbons (Fsp3) is 0.500. The number of hydrogen-bond acceptors (Lipinski definition) is 4. The van der Waals surface area contributed by atoms with E-state index in [0.29, 0.717) is 0 Å². The maximum atomic E-state index is 13.5. The number of nitrogens with zero attached hydrogens (tertiary/aromatic N) is 1. The number of nitriles is 1. The quantitative estimate of drug-likeness (QED) is 0.719. The van der Waals surface area contributed by atoms with E-state index in [1.54, 1.807) is 17.8 Å². The highest BCUT2D eigenvalue weighted by atomic mass is 32.2. The van der Waals surface area contributed by atoms with Gasteiger partial charge in [-0.15, -0.1) is 0 Å². The van der Waals surface area contributed by atoms with Crippen LogP contribution in [0.1, 0.15) is 30.5 Å². The highest BCUT2D eigenvalue weighted by Gasteiger charge is 2.08. The molecule has 0 saturated heterocycles. The van der Waals surface area contributed by atoms with Gasteiger partial charge in [0.15, 0.2) is 0 Å². The van der Waals surface area contributed by atoms with Gasteiger partial charge in [-0.3, -0.25) is 0 Å². The number of hydrogen-bond donors (Lipinski definition) is 2. The van der Waals surface area contributed by atoms with Gasteiger partial charge < -0.3 is 10.4 Å². The first-order chi connectivity index (χ1) is 9.19. The summed E-state index contributed by atoms with van der Waals surface area (Å²) in [6, 6.07) is 6.57. The average Bonchev–Trinajstić information content (AvgIpc) is 2.42. The lowest BCUT2D eigenvalue weighted by molar-refractivity contribution is 0.296. The van der Waals surface area contributed by atoms with Gasteiger partial charge in [-0.2, -0.15) is 17.0 Å². The Hall–Kier alpha value is -1.09. The average molecular weight is 282 g/mol. The summed E-state index contributed by atoms with van der Waals surface area (Å²) in [5.41, 5.74) is 0.923. The first kappa shape index (κ1) is 16.0. The lowest BCUT2D eigenvalue weighted by Crippen LogP contribution is -2.21. The third kappa shape index (κ3) is 5.60. The number of aliphatic hydroxyl groups excluding tert-OH is 1. The van der Waals surface area contributed by atoms with E-state index in [1.807, 2.05) is 13.0 Å². The monoisotopic (exact) mass is 282 g/mol. The van der Waals surface area contributed by atoms with Crippen molar-refractivity contribution in [1.82, 2.24) is 5.32 Å². The van der Waals surface area contributed by atoms with Crippen molar-refractivity contribution < 1.29 is 9.50 Å². The SMILES string of the molecule is CC(NCCSCCCO)c1ccc(C#N)c(F)c1. The molecule has 1 aromatic carbocycles. The summed E-state index contributed by atoms with van der Waals surface area (Å²) in [7, 11) is 0. The Labute approximate surface area is 117 Å². The molecule has 0 radical (unpaired) electrons. The van der Waals surface area contributed by atoms with Crippen molar-refractivity contribution in [2.45, 2.75) is 19.4 Å². The second kappa shape index (κ2) is 8.92. The molecule has 1 unspecified atom stereocenters. The minimum atomic E-state index is -0.467. The van der Waals surface area contributed by atoms with Gasteiger partial charge in [0.25, 0.3) is 0 Å². The topological polar surface area (TPSA) is 56.0 Å². The van der Waals surface area contributed by atoms with Crippen molar-refractivity contribution in [3.05, 3.63) is 35.1 Å². The van der Waals surface area contributed by atoms with Crippen LogP contribution in [-0.2, 0) is 0 Å². The number of rotatable bonds is 8. The van der Waals surface area contributed by atoms with Gasteiger partial charge >= 0.3 is 0 Å². The maximum absolute atomic E-state index is 13.5. The van der Waals surface area contributed by atoms with E-state index in [0.717, 1.165) is 30.0 Å². The molecule has 0 amide bonds. The molecule has 0 bridgehead atoms. The van der Waals surface area contributed by atoms with Crippen LogP contribution in [0.2, 0.25) is 0 Å². The number of aliphatic hydroxyl groups is 1. The summed E-state index contributed by atoms with van der Waals surface area (Å²) in [5.74, 6) is 1.45. The van der Waals surface area contributed by atoms with Gasteiger partial charge in [0, 0.05) is 24.9 Å². The van der Waals surface area contributed by atoms with Crippen LogP contribution < -0.4 is 5.32 Å². The van der Waals surface area contributed by atoms with Crippen molar-refractivity contribution in [3.63, 3.8) is 0 Å². The number of thioether (sulfide) groups is 1. The van der Waals surface area contributed by atoms with Crippen molar-refractivity contribution in [2.75, 3.05) is 24.7 Å². The molecule has 19 heavy (non-hydrogen) atoms. The normalized spacial score (nSPS) is 12.1. The Morgan fingerprint density at radius 3 is 2.89 bits per heavy atom. The minimum Gasteiger partial charge on any atom is -0.396 e. The Kier molecular flexibility index (Phi) is 7.49. The summed E-state index contributed by atoms with van der Waals surface area (Å²) in [6.45, 7) is 3.04. The van der Waals surface area contributed by atoms with E-state index in [9.17, 15) is 4.39 Å². The summed E-state index contributed by atoms with van der Waals surface area (Å²) in [4.78, 5) is 0. The molecule has 5 heteroatoms. The van der Waals surface area contributed by atoms with Crippen LogP contribution in [0.15, 0.2) is 18.2 Å². The van der Waals surface area contributed by atoms with Gasteiger partial charge in [-0.1, -0.05) is 6.07 Å². The van der Waals surface area contributed by atoms with Crippen molar-refractivity contribution in [1.29, 1.82) is 5.26 Å². The molecule has 0 heterocycles. The van der Waals surface area contributed by atoms with Crippen LogP contribution in [0.4, 0.5) is 4.39 Å². The highest BCUT2D eigenvalue weighted by Crippen LogP contribution is 2.16. The minimum absolute atomic E-state index is 0.0562. The van der Waals surface area contributed by atoms with Crippen molar-refractivity contribution in [2.24, 2.45) is 0 Å². The maximum Gasteiger partial charge on any atom is 0.141 e. The van der Waals surface area contributed by atoms with E-state index >= 15 is 0 Å². The van der Waals surface area contributed by atoms with E-state index in [1.165, 1.54) is 12.1 Å². The van der Waals surface area contributed by atoms with Gasteiger partial charge in [0.05, 0.1) is 5.56 Å². The van der Waals surface area contributed by atoms with Crippen LogP contribution in [-0.4, -0.2) is 29.8 Å². The van der Waals surface area contributed by atoms with Crippen LogP contribution >= 0.6 is 11.8 Å². The molecule has 0 saturated carbocycles. The summed E-state index contributed by atoms with van der Waals surface area (Å²) >= 11 is 1.78. The van der Waals surface area contributed by atoms with E-state index < -0.39 is 5.82 Å². The Morgan fingerprint density at radius 2 is 2.26 bits per heavy atom. The molecule has 0 fully saturated rings. The molecule has 0 aliphatic heterocycles. The lowest BCUT2D eigenvalue weighted by atomic mass is 10.1. The second-order valence-corrected chi connectivity index (χ2v) is 5.44. The zero-order chi connectivity index (χ0) is 14.1. The molecule has 1 rings (SSSR count). The van der Waals surface area contributed by atoms with Crippen LogP contribution in [0.25, 0.3) is 0 Å². The highest BCUT2D eigenvalue weighted by molar-refractivity contribution is 7.99. The van der Waals surface area contributed by atoms with Crippen LogP contribution in [0, 0.1) is 17.1 Å².